The molecule has 0 N–H and O–H groups in total. The quantitative estimate of drug-likeness (QED) is 0.694. The number of halogens is 2. The van der Waals surface area contributed by atoms with E-state index in [1.807, 2.05) is 27.0 Å². The Bertz CT molecular complexity index is 799. The second-order valence-corrected chi connectivity index (χ2v) is 5.27. The fourth-order valence-electron chi connectivity index (χ4n) is 2.69. The predicted molar refractivity (Wildman–Crippen MR) is 81.5 cm³/mol. The van der Waals surface area contributed by atoms with Crippen LogP contribution in [0.2, 0.25) is 0 Å². The van der Waals surface area contributed by atoms with Gasteiger partial charge in [0.05, 0.1) is 17.3 Å². The molecule has 0 aliphatic carbocycles. The standard InChI is InChI=1S/C15H16ClFN4/c1-4-11-13-15(20(3)19-11)21(12(8-16)18-13)14-9(2)6-5-7-10(14)17/h5-7H,4,8H2,1-3H3. The van der Waals surface area contributed by atoms with Crippen molar-refractivity contribution in [3.05, 3.63) is 41.1 Å². The Morgan fingerprint density at radius 1 is 1.33 bits per heavy atom. The zero-order chi connectivity index (χ0) is 15.1. The number of benzene rings is 1. The maximum atomic E-state index is 14.4. The van der Waals surface area contributed by atoms with E-state index in [9.17, 15) is 4.39 Å². The van der Waals surface area contributed by atoms with Crippen LogP contribution in [0.25, 0.3) is 16.9 Å². The number of hydrogen-bond donors (Lipinski definition) is 0. The van der Waals surface area contributed by atoms with Crippen LogP contribution in [-0.4, -0.2) is 19.3 Å². The van der Waals surface area contributed by atoms with Crippen LogP contribution in [0, 0.1) is 12.7 Å². The maximum Gasteiger partial charge on any atom is 0.163 e. The molecule has 0 aliphatic rings. The first-order valence-electron chi connectivity index (χ1n) is 6.83. The molecule has 0 saturated heterocycles. The Balaban J connectivity index is 2.44. The molecule has 6 heteroatoms. The van der Waals surface area contributed by atoms with Crippen molar-refractivity contribution in [3.63, 3.8) is 0 Å². The first-order chi connectivity index (χ1) is 10.1. The molecule has 0 saturated carbocycles. The van der Waals surface area contributed by atoms with Crippen molar-refractivity contribution in [2.45, 2.75) is 26.1 Å². The monoisotopic (exact) mass is 306 g/mol. The molecule has 0 bridgehead atoms. The third-order valence-electron chi connectivity index (χ3n) is 3.64. The molecular weight excluding hydrogens is 291 g/mol. The number of nitrogens with zero attached hydrogens (tertiary/aromatic N) is 4. The van der Waals surface area contributed by atoms with Gasteiger partial charge in [0.15, 0.2) is 5.65 Å². The van der Waals surface area contributed by atoms with Crippen molar-refractivity contribution in [1.29, 1.82) is 0 Å². The number of rotatable bonds is 3. The van der Waals surface area contributed by atoms with E-state index in [1.165, 1.54) is 6.07 Å². The minimum absolute atomic E-state index is 0.214. The Labute approximate surface area is 127 Å². The van der Waals surface area contributed by atoms with Gasteiger partial charge in [0.25, 0.3) is 0 Å². The molecule has 2 aromatic heterocycles. The van der Waals surface area contributed by atoms with E-state index in [-0.39, 0.29) is 11.7 Å². The maximum absolute atomic E-state index is 14.4. The van der Waals surface area contributed by atoms with Gasteiger partial charge in [-0.25, -0.2) is 14.1 Å². The van der Waals surface area contributed by atoms with Gasteiger partial charge in [-0.3, -0.25) is 4.57 Å². The molecule has 4 nitrogen and oxygen atoms in total. The van der Waals surface area contributed by atoms with E-state index in [0.29, 0.717) is 11.5 Å². The minimum Gasteiger partial charge on any atom is -0.277 e. The number of para-hydroxylation sites is 1. The third-order valence-corrected chi connectivity index (χ3v) is 3.88. The number of fused-ring (bicyclic) bond motifs is 1. The average molecular weight is 307 g/mol. The van der Waals surface area contributed by atoms with Gasteiger partial charge in [-0.1, -0.05) is 19.1 Å². The number of alkyl halides is 1. The smallest absolute Gasteiger partial charge is 0.163 e. The van der Waals surface area contributed by atoms with Gasteiger partial charge >= 0.3 is 0 Å². The summed E-state index contributed by atoms with van der Waals surface area (Å²) in [6.07, 6.45) is 0.770. The first kappa shape index (κ1) is 14.1. The highest BCUT2D eigenvalue weighted by atomic mass is 35.5. The van der Waals surface area contributed by atoms with Crippen LogP contribution < -0.4 is 0 Å². The summed E-state index contributed by atoms with van der Waals surface area (Å²) in [6.45, 7) is 3.90. The molecule has 0 fully saturated rings. The van der Waals surface area contributed by atoms with Crippen molar-refractivity contribution >= 4 is 22.8 Å². The average Bonchev–Trinajstić information content (AvgIpc) is 2.97. The van der Waals surface area contributed by atoms with E-state index < -0.39 is 0 Å². The van der Waals surface area contributed by atoms with Gasteiger partial charge in [-0.15, -0.1) is 11.6 Å². The van der Waals surface area contributed by atoms with E-state index in [2.05, 4.69) is 10.1 Å². The van der Waals surface area contributed by atoms with Crippen molar-refractivity contribution in [1.82, 2.24) is 19.3 Å². The number of imidazole rings is 1. The highest BCUT2D eigenvalue weighted by Gasteiger charge is 2.21. The lowest BCUT2D eigenvalue weighted by Gasteiger charge is -2.12. The van der Waals surface area contributed by atoms with Crippen molar-refractivity contribution in [3.8, 4) is 5.69 Å². The summed E-state index contributed by atoms with van der Waals surface area (Å²) in [5, 5.41) is 4.46. The van der Waals surface area contributed by atoms with E-state index in [1.54, 1.807) is 15.3 Å². The van der Waals surface area contributed by atoms with Gasteiger partial charge in [0, 0.05) is 7.05 Å². The Morgan fingerprint density at radius 2 is 2.10 bits per heavy atom. The summed E-state index contributed by atoms with van der Waals surface area (Å²) in [6, 6.07) is 5.02. The van der Waals surface area contributed by atoms with Gasteiger partial charge in [-0.05, 0) is 25.0 Å². The van der Waals surface area contributed by atoms with Crippen molar-refractivity contribution in [2.75, 3.05) is 0 Å². The SMILES string of the molecule is CCc1nn(C)c2c1nc(CCl)n2-c1c(C)cccc1F. The first-order valence-corrected chi connectivity index (χ1v) is 7.36. The molecule has 1 aromatic carbocycles. The van der Waals surface area contributed by atoms with Gasteiger partial charge in [0.1, 0.15) is 17.2 Å². The fraction of sp³-hybridized carbons (Fsp3) is 0.333. The van der Waals surface area contributed by atoms with Crippen LogP contribution >= 0.6 is 11.6 Å². The zero-order valence-electron chi connectivity index (χ0n) is 12.2. The lowest BCUT2D eigenvalue weighted by Crippen LogP contribution is -2.08. The molecule has 3 rings (SSSR count). The second-order valence-electron chi connectivity index (χ2n) is 5.00. The molecule has 0 amide bonds. The van der Waals surface area contributed by atoms with E-state index in [4.69, 9.17) is 11.6 Å². The molecule has 0 unspecified atom stereocenters. The lowest BCUT2D eigenvalue weighted by molar-refractivity contribution is 0.613. The molecule has 21 heavy (non-hydrogen) atoms. The van der Waals surface area contributed by atoms with Gasteiger partial charge < -0.3 is 0 Å². The molecular formula is C15H16ClFN4. The summed E-state index contributed by atoms with van der Waals surface area (Å²) in [7, 11) is 1.84. The van der Waals surface area contributed by atoms with Gasteiger partial charge in [0.2, 0.25) is 0 Å². The molecule has 110 valence electrons. The van der Waals surface area contributed by atoms with Crippen LogP contribution in [0.4, 0.5) is 4.39 Å². The zero-order valence-corrected chi connectivity index (χ0v) is 12.9. The fourth-order valence-corrected chi connectivity index (χ4v) is 2.87. The summed E-state index contributed by atoms with van der Waals surface area (Å²) >= 11 is 6.03. The number of hydrogen-bond acceptors (Lipinski definition) is 2. The lowest BCUT2D eigenvalue weighted by atomic mass is 10.2. The highest BCUT2D eigenvalue weighted by Crippen LogP contribution is 2.28. The molecule has 0 atom stereocenters. The predicted octanol–water partition coefficient (Wildman–Crippen LogP) is 3.51. The van der Waals surface area contributed by atoms with E-state index >= 15 is 0 Å². The molecule has 0 radical (unpaired) electrons. The molecule has 0 aliphatic heterocycles. The van der Waals surface area contributed by atoms with E-state index in [0.717, 1.165) is 28.8 Å². The van der Waals surface area contributed by atoms with Crippen molar-refractivity contribution < 1.29 is 4.39 Å². The van der Waals surface area contributed by atoms with Crippen LogP contribution in [0.1, 0.15) is 24.0 Å². The largest absolute Gasteiger partial charge is 0.277 e. The third kappa shape index (κ3) is 2.03. The number of aryl methyl sites for hydroxylation is 3. The van der Waals surface area contributed by atoms with Crippen LogP contribution in [-0.2, 0) is 19.3 Å². The number of aromatic nitrogens is 4. The second kappa shape index (κ2) is 5.15. The molecule has 3 aromatic rings. The van der Waals surface area contributed by atoms with Crippen LogP contribution in [0.15, 0.2) is 18.2 Å². The summed E-state index contributed by atoms with van der Waals surface area (Å²) < 4.78 is 17.9. The van der Waals surface area contributed by atoms with Gasteiger partial charge in [-0.2, -0.15) is 5.10 Å². The Kier molecular flexibility index (Phi) is 3.45. The highest BCUT2D eigenvalue weighted by molar-refractivity contribution is 6.17. The normalized spacial score (nSPS) is 11.5. The topological polar surface area (TPSA) is 35.6 Å². The minimum atomic E-state index is -0.292. The Hall–Kier alpha value is -1.88. The van der Waals surface area contributed by atoms with Crippen LogP contribution in [0.3, 0.4) is 0 Å². The van der Waals surface area contributed by atoms with Crippen molar-refractivity contribution in [2.24, 2.45) is 7.05 Å². The van der Waals surface area contributed by atoms with Crippen LogP contribution in [0.5, 0.6) is 0 Å². The molecule has 0 spiro atoms. The molecule has 2 heterocycles. The summed E-state index contributed by atoms with van der Waals surface area (Å²) in [5.41, 5.74) is 3.78. The summed E-state index contributed by atoms with van der Waals surface area (Å²) in [4.78, 5) is 4.56. The summed E-state index contributed by atoms with van der Waals surface area (Å²) in [5.74, 6) is 0.550. The Morgan fingerprint density at radius 3 is 2.71 bits per heavy atom.